The summed E-state index contributed by atoms with van der Waals surface area (Å²) >= 11 is 0. The minimum atomic E-state index is -0.485. The van der Waals surface area contributed by atoms with Crippen molar-refractivity contribution in [3.8, 4) is 0 Å². The van der Waals surface area contributed by atoms with E-state index in [4.69, 9.17) is 9.47 Å². The number of ether oxygens (including phenoxy) is 2. The topological polar surface area (TPSA) is 59.1 Å². The Morgan fingerprint density at radius 2 is 1.10 bits per heavy atom. The molecule has 0 aliphatic rings. The molecule has 0 radical (unpaired) electrons. The highest BCUT2D eigenvalue weighted by atomic mass is 16.5. The summed E-state index contributed by atoms with van der Waals surface area (Å²) < 4.78 is 10.8. The zero-order valence-corrected chi connectivity index (χ0v) is 19.3. The van der Waals surface area contributed by atoms with E-state index in [0.717, 1.165) is 25.9 Å². The molecule has 0 aliphatic heterocycles. The Hall–Kier alpha value is -1.92. The fourth-order valence-corrected chi connectivity index (χ4v) is 3.07. The summed E-state index contributed by atoms with van der Waals surface area (Å²) in [6.45, 7) is 8.27. The molecule has 0 unspecified atom stereocenters. The van der Waals surface area contributed by atoms with Gasteiger partial charge >= 0.3 is 11.9 Å². The molecular weight excluding hydrogens is 380 g/mol. The second-order valence-corrected chi connectivity index (χ2v) is 7.84. The summed E-state index contributed by atoms with van der Waals surface area (Å²) in [5.41, 5.74) is 0.514. The van der Waals surface area contributed by atoms with Crippen molar-refractivity contribution in [2.24, 2.45) is 0 Å². The third-order valence-electron chi connectivity index (χ3n) is 5.07. The van der Waals surface area contributed by atoms with Crippen molar-refractivity contribution in [1.82, 2.24) is 9.80 Å². The Bertz CT molecular complexity index is 568. The minimum absolute atomic E-state index is 0.257. The van der Waals surface area contributed by atoms with E-state index in [-0.39, 0.29) is 11.1 Å². The number of esters is 2. The molecular formula is C24H40N2O4. The van der Waals surface area contributed by atoms with Gasteiger partial charge in [0.05, 0.1) is 11.1 Å². The molecule has 30 heavy (non-hydrogen) atoms. The average molecular weight is 421 g/mol. The van der Waals surface area contributed by atoms with E-state index in [1.807, 2.05) is 14.1 Å². The smallest absolute Gasteiger partial charge is 0.339 e. The first-order valence-electron chi connectivity index (χ1n) is 11.3. The molecule has 0 aromatic heterocycles. The van der Waals surface area contributed by atoms with Gasteiger partial charge in [-0.15, -0.1) is 0 Å². The number of hydrogen-bond donors (Lipinski definition) is 0. The lowest BCUT2D eigenvalue weighted by Gasteiger charge is -2.17. The Morgan fingerprint density at radius 1 is 0.700 bits per heavy atom. The monoisotopic (exact) mass is 420 g/mol. The quantitative estimate of drug-likeness (QED) is 0.294. The Balaban J connectivity index is 2.46. The lowest BCUT2D eigenvalue weighted by Crippen LogP contribution is -2.26. The first-order valence-corrected chi connectivity index (χ1v) is 11.3. The van der Waals surface area contributed by atoms with E-state index >= 15 is 0 Å². The van der Waals surface area contributed by atoms with Gasteiger partial charge in [0.1, 0.15) is 13.2 Å². The Morgan fingerprint density at radius 3 is 1.47 bits per heavy atom. The number of carbonyl (C=O) groups is 2. The van der Waals surface area contributed by atoms with Gasteiger partial charge in [0, 0.05) is 13.1 Å². The summed E-state index contributed by atoms with van der Waals surface area (Å²) in [6.07, 6.45) is 7.06. The highest BCUT2D eigenvalue weighted by Gasteiger charge is 2.19. The van der Waals surface area contributed by atoms with Gasteiger partial charge in [-0.05, 0) is 52.2 Å². The van der Waals surface area contributed by atoms with Gasteiger partial charge < -0.3 is 19.3 Å². The van der Waals surface area contributed by atoms with Crippen LogP contribution in [0.5, 0.6) is 0 Å². The van der Waals surface area contributed by atoms with Gasteiger partial charge in [0.25, 0.3) is 0 Å². The van der Waals surface area contributed by atoms with Crippen LogP contribution in [0, 0.1) is 0 Å². The molecule has 170 valence electrons. The predicted molar refractivity (Wildman–Crippen MR) is 121 cm³/mol. The molecule has 1 rings (SSSR count). The lowest BCUT2D eigenvalue weighted by molar-refractivity contribution is 0.0426. The average Bonchev–Trinajstić information content (AvgIpc) is 2.74. The summed E-state index contributed by atoms with van der Waals surface area (Å²) in [5, 5.41) is 0. The van der Waals surface area contributed by atoms with Crippen molar-refractivity contribution < 1.29 is 19.1 Å². The van der Waals surface area contributed by atoms with Gasteiger partial charge in [-0.2, -0.15) is 0 Å². The van der Waals surface area contributed by atoms with E-state index in [1.165, 1.54) is 25.7 Å². The van der Waals surface area contributed by atoms with Crippen LogP contribution in [-0.4, -0.2) is 75.2 Å². The summed E-state index contributed by atoms with van der Waals surface area (Å²) in [5.74, 6) is -0.970. The molecule has 1 aromatic rings. The van der Waals surface area contributed by atoms with Crippen molar-refractivity contribution in [1.29, 1.82) is 0 Å². The summed E-state index contributed by atoms with van der Waals surface area (Å²) in [7, 11) is 4.04. The second-order valence-electron chi connectivity index (χ2n) is 7.84. The van der Waals surface area contributed by atoms with E-state index in [2.05, 4.69) is 23.6 Å². The second kappa shape index (κ2) is 15.9. The number of nitrogens with zero attached hydrogens (tertiary/aromatic N) is 2. The van der Waals surface area contributed by atoms with Gasteiger partial charge in [-0.25, -0.2) is 9.59 Å². The standard InChI is InChI=1S/C24H40N2O4/c1-5-7-11-15-25(3)17-19-29-23(27)21-13-9-10-14-22(21)24(28)30-20-18-26(4)16-12-8-6-2/h9-10,13-14H,5-8,11-12,15-20H2,1-4H3. The summed E-state index contributed by atoms with van der Waals surface area (Å²) in [4.78, 5) is 29.3. The number of hydrogen-bond acceptors (Lipinski definition) is 6. The van der Waals surface area contributed by atoms with Crippen LogP contribution in [-0.2, 0) is 9.47 Å². The first-order chi connectivity index (χ1) is 14.5. The van der Waals surface area contributed by atoms with Crippen LogP contribution in [0.25, 0.3) is 0 Å². The molecule has 0 N–H and O–H groups in total. The Labute approximate surface area is 182 Å². The van der Waals surface area contributed by atoms with Crippen LogP contribution >= 0.6 is 0 Å². The van der Waals surface area contributed by atoms with Crippen LogP contribution in [0.3, 0.4) is 0 Å². The molecule has 0 saturated heterocycles. The Kier molecular flexibility index (Phi) is 13.8. The van der Waals surface area contributed by atoms with E-state index in [1.54, 1.807) is 24.3 Å². The van der Waals surface area contributed by atoms with Crippen molar-refractivity contribution in [2.75, 3.05) is 53.5 Å². The number of rotatable bonds is 16. The van der Waals surface area contributed by atoms with Crippen LogP contribution in [0.15, 0.2) is 24.3 Å². The molecule has 0 spiro atoms. The van der Waals surface area contributed by atoms with Crippen LogP contribution < -0.4 is 0 Å². The molecule has 0 fully saturated rings. The highest BCUT2D eigenvalue weighted by Crippen LogP contribution is 2.12. The van der Waals surface area contributed by atoms with E-state index in [0.29, 0.717) is 26.3 Å². The minimum Gasteiger partial charge on any atom is -0.461 e. The third-order valence-corrected chi connectivity index (χ3v) is 5.07. The molecule has 0 heterocycles. The van der Waals surface area contributed by atoms with E-state index < -0.39 is 11.9 Å². The number of benzene rings is 1. The predicted octanol–water partition coefficient (Wildman–Crippen LogP) is 4.24. The number of likely N-dealkylation sites (N-methyl/N-ethyl adjacent to an activating group) is 2. The van der Waals surface area contributed by atoms with Crippen LogP contribution in [0.4, 0.5) is 0 Å². The van der Waals surface area contributed by atoms with Crippen molar-refractivity contribution in [3.05, 3.63) is 35.4 Å². The molecule has 6 heteroatoms. The van der Waals surface area contributed by atoms with Gasteiger partial charge in [-0.1, -0.05) is 51.7 Å². The molecule has 0 atom stereocenters. The lowest BCUT2D eigenvalue weighted by atomic mass is 10.1. The SMILES string of the molecule is CCCCCN(C)CCOC(=O)c1ccccc1C(=O)OCCN(C)CCCCC. The first kappa shape index (κ1) is 26.1. The molecule has 0 bridgehead atoms. The fraction of sp³-hybridized carbons (Fsp3) is 0.667. The largest absolute Gasteiger partial charge is 0.461 e. The number of carbonyl (C=O) groups excluding carboxylic acids is 2. The maximum Gasteiger partial charge on any atom is 0.339 e. The zero-order valence-electron chi connectivity index (χ0n) is 19.3. The summed E-state index contributed by atoms with van der Waals surface area (Å²) in [6, 6.07) is 6.68. The van der Waals surface area contributed by atoms with Crippen molar-refractivity contribution in [2.45, 2.75) is 52.4 Å². The van der Waals surface area contributed by atoms with Gasteiger partial charge in [-0.3, -0.25) is 0 Å². The van der Waals surface area contributed by atoms with Gasteiger partial charge in [0.15, 0.2) is 0 Å². The van der Waals surface area contributed by atoms with E-state index in [9.17, 15) is 9.59 Å². The molecule has 1 aromatic carbocycles. The molecule has 0 aliphatic carbocycles. The highest BCUT2D eigenvalue weighted by molar-refractivity contribution is 6.03. The fourth-order valence-electron chi connectivity index (χ4n) is 3.07. The van der Waals surface area contributed by atoms with Crippen LogP contribution in [0.1, 0.15) is 73.1 Å². The van der Waals surface area contributed by atoms with Crippen molar-refractivity contribution in [3.63, 3.8) is 0 Å². The number of unbranched alkanes of at least 4 members (excludes halogenated alkanes) is 4. The molecule has 6 nitrogen and oxygen atoms in total. The maximum atomic E-state index is 12.5. The third kappa shape index (κ3) is 10.7. The normalized spacial score (nSPS) is 11.1. The molecule has 0 amide bonds. The van der Waals surface area contributed by atoms with Crippen LogP contribution in [0.2, 0.25) is 0 Å². The zero-order chi connectivity index (χ0) is 22.2. The molecule has 0 saturated carbocycles. The van der Waals surface area contributed by atoms with Crippen molar-refractivity contribution >= 4 is 11.9 Å². The van der Waals surface area contributed by atoms with Gasteiger partial charge in [0.2, 0.25) is 0 Å². The maximum absolute atomic E-state index is 12.5.